The van der Waals surface area contributed by atoms with Crippen molar-refractivity contribution in [1.82, 2.24) is 0 Å². The topological polar surface area (TPSA) is 35.2 Å². The van der Waals surface area contributed by atoms with Crippen LogP contribution in [0.5, 0.6) is 5.75 Å². The number of ether oxygens (including phenoxy) is 1. The summed E-state index contributed by atoms with van der Waals surface area (Å²) in [5.41, 5.74) is 6.91. The van der Waals surface area contributed by atoms with Gasteiger partial charge in [-0.05, 0) is 65.2 Å². The van der Waals surface area contributed by atoms with E-state index in [4.69, 9.17) is 22.1 Å². The van der Waals surface area contributed by atoms with E-state index in [0.717, 1.165) is 21.5 Å². The molecule has 0 radical (unpaired) electrons. The zero-order valence-corrected chi connectivity index (χ0v) is 13.7. The molecule has 2 rings (SSSR count). The molecule has 1 atom stereocenters. The molecule has 2 nitrogen and oxygen atoms in total. The highest BCUT2D eigenvalue weighted by atomic mass is 79.9. The van der Waals surface area contributed by atoms with Crippen LogP contribution in [0.3, 0.4) is 0 Å². The first kappa shape index (κ1) is 14.9. The second-order valence-electron chi connectivity index (χ2n) is 4.43. The van der Waals surface area contributed by atoms with Gasteiger partial charge in [0, 0.05) is 15.9 Å². The molecule has 0 aliphatic rings. The van der Waals surface area contributed by atoms with Gasteiger partial charge in [-0.1, -0.05) is 11.6 Å². The molecule has 102 valence electrons. The standard InChI is InChI=1S/C14H15BrClNOS/c1-9(17)6-10-7-11(16)2-4-13(10)18-8-12-3-5-14(15)19-12/h2-5,7,9H,6,8,17H2,1H3. The summed E-state index contributed by atoms with van der Waals surface area (Å²) in [7, 11) is 0. The first-order valence-corrected chi connectivity index (χ1v) is 7.94. The smallest absolute Gasteiger partial charge is 0.123 e. The molecule has 1 aromatic carbocycles. The first-order valence-electron chi connectivity index (χ1n) is 5.95. The molecule has 0 spiro atoms. The third-order valence-electron chi connectivity index (χ3n) is 2.56. The summed E-state index contributed by atoms with van der Waals surface area (Å²) in [5.74, 6) is 0.853. The number of thiophene rings is 1. The minimum absolute atomic E-state index is 0.0803. The van der Waals surface area contributed by atoms with E-state index in [2.05, 4.69) is 22.0 Å². The van der Waals surface area contributed by atoms with E-state index < -0.39 is 0 Å². The SMILES string of the molecule is CC(N)Cc1cc(Cl)ccc1OCc1ccc(Br)s1. The summed E-state index contributed by atoms with van der Waals surface area (Å²) in [6, 6.07) is 9.82. The first-order chi connectivity index (χ1) is 9.04. The van der Waals surface area contributed by atoms with Crippen molar-refractivity contribution < 1.29 is 4.74 Å². The fraction of sp³-hybridized carbons (Fsp3) is 0.286. The number of hydrogen-bond acceptors (Lipinski definition) is 3. The summed E-state index contributed by atoms with van der Waals surface area (Å²) < 4.78 is 6.98. The normalized spacial score (nSPS) is 12.4. The maximum absolute atomic E-state index is 6.02. The molecule has 19 heavy (non-hydrogen) atoms. The zero-order valence-electron chi connectivity index (χ0n) is 10.5. The maximum atomic E-state index is 6.02. The molecule has 1 heterocycles. The molecular weight excluding hydrogens is 346 g/mol. The Hall–Kier alpha value is -0.550. The van der Waals surface area contributed by atoms with Crippen molar-refractivity contribution in [3.8, 4) is 5.75 Å². The van der Waals surface area contributed by atoms with Crippen molar-refractivity contribution in [1.29, 1.82) is 0 Å². The lowest BCUT2D eigenvalue weighted by Crippen LogP contribution is -2.18. The van der Waals surface area contributed by atoms with E-state index in [-0.39, 0.29) is 6.04 Å². The van der Waals surface area contributed by atoms with Crippen LogP contribution < -0.4 is 10.5 Å². The fourth-order valence-electron chi connectivity index (χ4n) is 1.77. The Bertz CT molecular complexity index is 556. The molecule has 5 heteroatoms. The quantitative estimate of drug-likeness (QED) is 0.843. The van der Waals surface area contributed by atoms with Gasteiger partial charge >= 0.3 is 0 Å². The molecule has 1 unspecified atom stereocenters. The van der Waals surface area contributed by atoms with Crippen LogP contribution >= 0.6 is 38.9 Å². The molecule has 0 saturated carbocycles. The van der Waals surface area contributed by atoms with E-state index in [9.17, 15) is 0 Å². The predicted molar refractivity (Wildman–Crippen MR) is 85.2 cm³/mol. The largest absolute Gasteiger partial charge is 0.488 e. The summed E-state index contributed by atoms with van der Waals surface area (Å²) in [6.45, 7) is 2.53. The monoisotopic (exact) mass is 359 g/mol. The number of hydrogen-bond donors (Lipinski definition) is 1. The minimum atomic E-state index is 0.0803. The van der Waals surface area contributed by atoms with Crippen LogP contribution in [0.4, 0.5) is 0 Å². The number of nitrogens with two attached hydrogens (primary N) is 1. The summed E-state index contributed by atoms with van der Waals surface area (Å²) >= 11 is 11.1. The van der Waals surface area contributed by atoms with Crippen LogP contribution in [0, 0.1) is 0 Å². The zero-order chi connectivity index (χ0) is 13.8. The van der Waals surface area contributed by atoms with Gasteiger partial charge in [0.05, 0.1) is 3.79 Å². The highest BCUT2D eigenvalue weighted by Gasteiger charge is 2.08. The third-order valence-corrected chi connectivity index (χ3v) is 4.40. The van der Waals surface area contributed by atoms with E-state index in [1.807, 2.05) is 31.2 Å². The Labute approximate surface area is 130 Å². The van der Waals surface area contributed by atoms with Crippen molar-refractivity contribution in [2.24, 2.45) is 5.73 Å². The highest BCUT2D eigenvalue weighted by molar-refractivity contribution is 9.11. The lowest BCUT2D eigenvalue weighted by atomic mass is 10.1. The van der Waals surface area contributed by atoms with Crippen LogP contribution in [-0.2, 0) is 13.0 Å². The summed E-state index contributed by atoms with van der Waals surface area (Å²) in [5, 5.41) is 0.710. The van der Waals surface area contributed by atoms with Gasteiger partial charge in [-0.2, -0.15) is 0 Å². The molecule has 2 N–H and O–H groups in total. The van der Waals surface area contributed by atoms with Crippen LogP contribution in [-0.4, -0.2) is 6.04 Å². The van der Waals surface area contributed by atoms with Gasteiger partial charge in [-0.25, -0.2) is 0 Å². The minimum Gasteiger partial charge on any atom is -0.488 e. The molecule has 1 aromatic heterocycles. The molecular formula is C14H15BrClNOS. The van der Waals surface area contributed by atoms with Gasteiger partial charge in [-0.3, -0.25) is 0 Å². The molecule has 0 bridgehead atoms. The predicted octanol–water partition coefficient (Wildman–Crippen LogP) is 4.63. The number of benzene rings is 1. The maximum Gasteiger partial charge on any atom is 0.123 e. The lowest BCUT2D eigenvalue weighted by Gasteiger charge is -2.13. The highest BCUT2D eigenvalue weighted by Crippen LogP contribution is 2.27. The van der Waals surface area contributed by atoms with E-state index in [0.29, 0.717) is 11.6 Å². The molecule has 0 amide bonds. The lowest BCUT2D eigenvalue weighted by molar-refractivity contribution is 0.306. The van der Waals surface area contributed by atoms with Crippen LogP contribution in [0.15, 0.2) is 34.1 Å². The second-order valence-corrected chi connectivity index (χ2v) is 7.41. The van der Waals surface area contributed by atoms with Gasteiger partial charge in [-0.15, -0.1) is 11.3 Å². The van der Waals surface area contributed by atoms with Crippen molar-refractivity contribution in [2.75, 3.05) is 0 Å². The fourth-order valence-corrected chi connectivity index (χ4v) is 3.36. The average molecular weight is 361 g/mol. The van der Waals surface area contributed by atoms with Crippen molar-refractivity contribution in [2.45, 2.75) is 26.0 Å². The average Bonchev–Trinajstić information content (AvgIpc) is 2.73. The Morgan fingerprint density at radius 3 is 2.79 bits per heavy atom. The molecule has 0 aliphatic heterocycles. The van der Waals surface area contributed by atoms with E-state index in [1.165, 1.54) is 4.88 Å². The van der Waals surface area contributed by atoms with Gasteiger partial charge in [0.2, 0.25) is 0 Å². The molecule has 2 aromatic rings. The Morgan fingerprint density at radius 2 is 2.16 bits per heavy atom. The summed E-state index contributed by atoms with van der Waals surface area (Å²) in [4.78, 5) is 1.17. The van der Waals surface area contributed by atoms with E-state index in [1.54, 1.807) is 11.3 Å². The van der Waals surface area contributed by atoms with Crippen molar-refractivity contribution in [3.63, 3.8) is 0 Å². The Morgan fingerprint density at radius 1 is 1.37 bits per heavy atom. The number of halogens is 2. The van der Waals surface area contributed by atoms with Gasteiger partial charge in [0.25, 0.3) is 0 Å². The molecule has 0 fully saturated rings. The van der Waals surface area contributed by atoms with Gasteiger partial charge in [0.15, 0.2) is 0 Å². The third kappa shape index (κ3) is 4.49. The summed E-state index contributed by atoms with van der Waals surface area (Å²) in [6.07, 6.45) is 0.754. The molecule has 0 saturated heterocycles. The van der Waals surface area contributed by atoms with Crippen LogP contribution in [0.1, 0.15) is 17.4 Å². The van der Waals surface area contributed by atoms with Crippen molar-refractivity contribution >= 4 is 38.9 Å². The molecule has 0 aliphatic carbocycles. The second kappa shape index (κ2) is 6.75. The van der Waals surface area contributed by atoms with Crippen LogP contribution in [0.25, 0.3) is 0 Å². The van der Waals surface area contributed by atoms with Gasteiger partial charge in [0.1, 0.15) is 12.4 Å². The van der Waals surface area contributed by atoms with Gasteiger partial charge < -0.3 is 10.5 Å². The van der Waals surface area contributed by atoms with Crippen molar-refractivity contribution in [3.05, 3.63) is 49.6 Å². The van der Waals surface area contributed by atoms with Crippen LogP contribution in [0.2, 0.25) is 5.02 Å². The Kier molecular flexibility index (Phi) is 5.28. The Balaban J connectivity index is 2.10. The van der Waals surface area contributed by atoms with E-state index >= 15 is 0 Å². The number of rotatable bonds is 5.